The zero-order valence-corrected chi connectivity index (χ0v) is 15.6. The first kappa shape index (κ1) is 17.7. The van der Waals surface area contributed by atoms with Gasteiger partial charge in [0.25, 0.3) is 0 Å². The summed E-state index contributed by atoms with van der Waals surface area (Å²) in [5.74, 6) is 1.52. The highest BCUT2D eigenvalue weighted by molar-refractivity contribution is 8.00. The first-order valence-corrected chi connectivity index (χ1v) is 9.36. The molecule has 0 aromatic heterocycles. The fourth-order valence-electron chi connectivity index (χ4n) is 2.71. The van der Waals surface area contributed by atoms with E-state index in [2.05, 4.69) is 5.32 Å². The SMILES string of the molecule is Cc1cccc(C)c1NC(=O)C(C)Sc1ccc2c(c1)OCCCO2. The highest BCUT2D eigenvalue weighted by Gasteiger charge is 2.18. The van der Waals surface area contributed by atoms with Crippen LogP contribution in [0, 0.1) is 13.8 Å². The number of benzene rings is 2. The van der Waals surface area contributed by atoms with Crippen LogP contribution in [0.2, 0.25) is 0 Å². The van der Waals surface area contributed by atoms with Crippen molar-refractivity contribution in [2.75, 3.05) is 18.5 Å². The molecule has 2 aromatic carbocycles. The van der Waals surface area contributed by atoms with Crippen molar-refractivity contribution in [2.45, 2.75) is 37.3 Å². The van der Waals surface area contributed by atoms with Gasteiger partial charge in [0.2, 0.25) is 5.91 Å². The summed E-state index contributed by atoms with van der Waals surface area (Å²) >= 11 is 1.51. The Morgan fingerprint density at radius 2 is 1.76 bits per heavy atom. The summed E-state index contributed by atoms with van der Waals surface area (Å²) in [6.07, 6.45) is 0.881. The fraction of sp³-hybridized carbons (Fsp3) is 0.350. The van der Waals surface area contributed by atoms with Gasteiger partial charge in [-0.3, -0.25) is 4.79 Å². The quantitative estimate of drug-likeness (QED) is 0.814. The molecule has 1 N–H and O–H groups in total. The molecule has 0 fully saturated rings. The molecule has 132 valence electrons. The molecule has 2 aromatic rings. The van der Waals surface area contributed by atoms with Crippen LogP contribution in [-0.2, 0) is 4.79 Å². The van der Waals surface area contributed by atoms with Crippen LogP contribution in [0.3, 0.4) is 0 Å². The summed E-state index contributed by atoms with van der Waals surface area (Å²) in [7, 11) is 0. The Morgan fingerprint density at radius 1 is 1.08 bits per heavy atom. The van der Waals surface area contributed by atoms with E-state index in [4.69, 9.17) is 9.47 Å². The van der Waals surface area contributed by atoms with E-state index in [1.807, 2.05) is 57.2 Å². The number of carbonyl (C=O) groups is 1. The van der Waals surface area contributed by atoms with Crippen molar-refractivity contribution in [3.63, 3.8) is 0 Å². The van der Waals surface area contributed by atoms with Gasteiger partial charge < -0.3 is 14.8 Å². The van der Waals surface area contributed by atoms with Crippen LogP contribution in [-0.4, -0.2) is 24.4 Å². The monoisotopic (exact) mass is 357 g/mol. The van der Waals surface area contributed by atoms with Gasteiger partial charge in [-0.05, 0) is 50.1 Å². The van der Waals surface area contributed by atoms with Crippen LogP contribution >= 0.6 is 11.8 Å². The number of hydrogen-bond donors (Lipinski definition) is 1. The Kier molecular flexibility index (Phi) is 5.53. The third kappa shape index (κ3) is 4.28. The number of aryl methyl sites for hydroxylation is 2. The molecule has 0 aliphatic carbocycles. The minimum atomic E-state index is -0.219. The highest BCUT2D eigenvalue weighted by Crippen LogP contribution is 2.35. The molecule has 25 heavy (non-hydrogen) atoms. The molecule has 0 radical (unpaired) electrons. The van der Waals surface area contributed by atoms with Gasteiger partial charge in [0.05, 0.1) is 18.5 Å². The number of thioether (sulfide) groups is 1. The van der Waals surface area contributed by atoms with Gasteiger partial charge in [0.1, 0.15) is 0 Å². The van der Waals surface area contributed by atoms with Crippen molar-refractivity contribution in [2.24, 2.45) is 0 Å². The average molecular weight is 357 g/mol. The van der Waals surface area contributed by atoms with Gasteiger partial charge in [0, 0.05) is 17.0 Å². The smallest absolute Gasteiger partial charge is 0.237 e. The number of amides is 1. The number of ether oxygens (including phenoxy) is 2. The van der Waals surface area contributed by atoms with Crippen molar-refractivity contribution in [1.29, 1.82) is 0 Å². The number of nitrogens with one attached hydrogen (secondary N) is 1. The average Bonchev–Trinajstić information content (AvgIpc) is 2.83. The summed E-state index contributed by atoms with van der Waals surface area (Å²) in [4.78, 5) is 13.6. The molecule has 3 rings (SSSR count). The second-order valence-electron chi connectivity index (χ2n) is 6.18. The van der Waals surface area contributed by atoms with Gasteiger partial charge in [-0.2, -0.15) is 0 Å². The van der Waals surface area contributed by atoms with E-state index in [0.29, 0.717) is 13.2 Å². The van der Waals surface area contributed by atoms with E-state index in [1.165, 1.54) is 11.8 Å². The Labute approximate surface area is 152 Å². The molecule has 0 saturated heterocycles. The highest BCUT2D eigenvalue weighted by atomic mass is 32.2. The zero-order chi connectivity index (χ0) is 17.8. The summed E-state index contributed by atoms with van der Waals surface area (Å²) in [5, 5.41) is 2.84. The molecule has 1 heterocycles. The van der Waals surface area contributed by atoms with Crippen LogP contribution in [0.5, 0.6) is 11.5 Å². The summed E-state index contributed by atoms with van der Waals surface area (Å²) < 4.78 is 11.4. The van der Waals surface area contributed by atoms with E-state index < -0.39 is 0 Å². The first-order chi connectivity index (χ1) is 12.0. The first-order valence-electron chi connectivity index (χ1n) is 8.48. The molecule has 0 saturated carbocycles. The van der Waals surface area contributed by atoms with Gasteiger partial charge >= 0.3 is 0 Å². The lowest BCUT2D eigenvalue weighted by Gasteiger charge is -2.16. The molecule has 0 spiro atoms. The lowest BCUT2D eigenvalue weighted by Crippen LogP contribution is -2.23. The maximum Gasteiger partial charge on any atom is 0.237 e. The predicted octanol–water partition coefficient (Wildman–Crippen LogP) is 4.58. The van der Waals surface area contributed by atoms with Gasteiger partial charge in [-0.25, -0.2) is 0 Å². The Hall–Kier alpha value is -2.14. The number of fused-ring (bicyclic) bond motifs is 1. The molecular formula is C20H23NO3S. The lowest BCUT2D eigenvalue weighted by molar-refractivity contribution is -0.115. The minimum Gasteiger partial charge on any atom is -0.490 e. The van der Waals surface area contributed by atoms with Gasteiger partial charge in [0.15, 0.2) is 11.5 Å². The molecule has 1 unspecified atom stereocenters. The van der Waals surface area contributed by atoms with Crippen molar-refractivity contribution in [1.82, 2.24) is 0 Å². The molecule has 1 aliphatic rings. The fourth-order valence-corrected chi connectivity index (χ4v) is 3.61. The van der Waals surface area contributed by atoms with E-state index >= 15 is 0 Å². The number of hydrogen-bond acceptors (Lipinski definition) is 4. The Bertz CT molecular complexity index is 755. The van der Waals surface area contributed by atoms with Crippen molar-refractivity contribution >= 4 is 23.4 Å². The Balaban J connectivity index is 1.68. The summed E-state index contributed by atoms with van der Waals surface area (Å²) in [6, 6.07) is 11.8. The third-order valence-electron chi connectivity index (χ3n) is 4.13. The summed E-state index contributed by atoms with van der Waals surface area (Å²) in [5.41, 5.74) is 3.04. The Morgan fingerprint density at radius 3 is 2.48 bits per heavy atom. The second kappa shape index (κ2) is 7.83. The van der Waals surface area contributed by atoms with Crippen LogP contribution in [0.4, 0.5) is 5.69 Å². The molecule has 1 atom stereocenters. The van der Waals surface area contributed by atoms with E-state index in [9.17, 15) is 4.79 Å². The predicted molar refractivity (Wildman–Crippen MR) is 102 cm³/mol. The number of para-hydroxylation sites is 1. The molecule has 5 heteroatoms. The van der Waals surface area contributed by atoms with Crippen LogP contribution in [0.15, 0.2) is 41.3 Å². The topological polar surface area (TPSA) is 47.6 Å². The normalized spacial score (nSPS) is 14.5. The van der Waals surface area contributed by atoms with Gasteiger partial charge in [-0.1, -0.05) is 18.2 Å². The van der Waals surface area contributed by atoms with Crippen molar-refractivity contribution in [3.05, 3.63) is 47.5 Å². The number of rotatable bonds is 4. The third-order valence-corrected chi connectivity index (χ3v) is 5.22. The van der Waals surface area contributed by atoms with Crippen molar-refractivity contribution in [3.8, 4) is 11.5 Å². The standard InChI is InChI=1S/C20H23NO3S/c1-13-6-4-7-14(2)19(13)21-20(22)15(3)25-16-8-9-17-18(12-16)24-11-5-10-23-17/h4,6-9,12,15H,5,10-11H2,1-3H3,(H,21,22). The molecule has 1 aliphatic heterocycles. The number of carbonyl (C=O) groups excluding carboxylic acids is 1. The summed E-state index contributed by atoms with van der Waals surface area (Å²) in [6.45, 7) is 7.25. The zero-order valence-electron chi connectivity index (χ0n) is 14.8. The minimum absolute atomic E-state index is 0.00508. The molecular weight excluding hydrogens is 334 g/mol. The molecule has 1 amide bonds. The lowest BCUT2D eigenvalue weighted by atomic mass is 10.1. The van der Waals surface area contributed by atoms with Crippen LogP contribution in [0.25, 0.3) is 0 Å². The van der Waals surface area contributed by atoms with E-state index in [1.54, 1.807) is 0 Å². The van der Waals surface area contributed by atoms with Crippen LogP contribution < -0.4 is 14.8 Å². The van der Waals surface area contributed by atoms with Crippen molar-refractivity contribution < 1.29 is 14.3 Å². The maximum absolute atomic E-state index is 12.6. The molecule has 4 nitrogen and oxygen atoms in total. The van der Waals surface area contributed by atoms with E-state index in [-0.39, 0.29) is 11.2 Å². The van der Waals surface area contributed by atoms with E-state index in [0.717, 1.165) is 39.6 Å². The van der Waals surface area contributed by atoms with Crippen LogP contribution in [0.1, 0.15) is 24.5 Å². The van der Waals surface area contributed by atoms with Gasteiger partial charge in [-0.15, -0.1) is 11.8 Å². The number of anilines is 1. The molecule has 0 bridgehead atoms. The second-order valence-corrected chi connectivity index (χ2v) is 7.59. The maximum atomic E-state index is 12.6. The largest absolute Gasteiger partial charge is 0.490 e.